The second kappa shape index (κ2) is 9.14. The normalized spacial score (nSPS) is 16.9. The molecule has 0 radical (unpaired) electrons. The van der Waals surface area contributed by atoms with Crippen LogP contribution in [0.1, 0.15) is 6.42 Å². The van der Waals surface area contributed by atoms with Crippen LogP contribution in [0.25, 0.3) is 0 Å². The van der Waals surface area contributed by atoms with Crippen LogP contribution in [0.3, 0.4) is 0 Å². The van der Waals surface area contributed by atoms with Crippen molar-refractivity contribution < 1.29 is 17.9 Å². The van der Waals surface area contributed by atoms with Crippen LogP contribution in [0.2, 0.25) is 0 Å². The molecule has 1 aliphatic heterocycles. The van der Waals surface area contributed by atoms with Crippen molar-refractivity contribution in [2.45, 2.75) is 6.42 Å². The summed E-state index contributed by atoms with van der Waals surface area (Å²) < 4.78 is 29.4. The summed E-state index contributed by atoms with van der Waals surface area (Å²) in [5, 5.41) is 2.81. The fourth-order valence-corrected chi connectivity index (χ4v) is 2.83. The highest BCUT2D eigenvalue weighted by atomic mass is 32.2. The Morgan fingerprint density at radius 3 is 2.67 bits per heavy atom. The summed E-state index contributed by atoms with van der Waals surface area (Å²) in [5.41, 5.74) is 0. The molecule has 1 aliphatic rings. The van der Waals surface area contributed by atoms with Crippen LogP contribution in [0.15, 0.2) is 12.7 Å². The minimum atomic E-state index is -3.30. The van der Waals surface area contributed by atoms with E-state index in [9.17, 15) is 13.2 Å². The number of morpholine rings is 1. The molecule has 0 bridgehead atoms. The average molecular weight is 319 g/mol. The Balaban J connectivity index is 2.21. The van der Waals surface area contributed by atoms with Crippen molar-refractivity contribution in [1.29, 1.82) is 0 Å². The Morgan fingerprint density at radius 2 is 2.10 bits per heavy atom. The zero-order chi connectivity index (χ0) is 15.7. The average Bonchev–Trinajstić information content (AvgIpc) is 2.43. The first-order chi connectivity index (χ1) is 9.93. The molecule has 8 heteroatoms. The highest BCUT2D eigenvalue weighted by Crippen LogP contribution is 2.00. The highest BCUT2D eigenvalue weighted by Gasteiger charge is 2.16. The maximum Gasteiger partial charge on any atom is 0.221 e. The van der Waals surface area contributed by atoms with E-state index < -0.39 is 10.0 Å². The van der Waals surface area contributed by atoms with Crippen LogP contribution in [0, 0.1) is 0 Å². The van der Waals surface area contributed by atoms with Crippen molar-refractivity contribution in [1.82, 2.24) is 14.5 Å². The van der Waals surface area contributed by atoms with E-state index in [2.05, 4.69) is 16.8 Å². The summed E-state index contributed by atoms with van der Waals surface area (Å²) in [5.74, 6) is -0.138. The van der Waals surface area contributed by atoms with E-state index >= 15 is 0 Å². The second-order valence-corrected chi connectivity index (χ2v) is 6.95. The number of sulfonamides is 1. The molecule has 0 aliphatic carbocycles. The fraction of sp³-hybridized carbons (Fsp3) is 0.769. The van der Waals surface area contributed by atoms with Gasteiger partial charge in [-0.3, -0.25) is 9.69 Å². The maximum atomic E-state index is 11.7. The molecule has 122 valence electrons. The number of hydrogen-bond donors (Lipinski definition) is 1. The molecule has 0 spiro atoms. The summed E-state index contributed by atoms with van der Waals surface area (Å²) in [6.45, 7) is 8.52. The maximum absolute atomic E-state index is 11.7. The van der Waals surface area contributed by atoms with Gasteiger partial charge in [0.05, 0.1) is 19.5 Å². The number of ether oxygens (including phenoxy) is 1. The third kappa shape index (κ3) is 7.56. The van der Waals surface area contributed by atoms with Gasteiger partial charge < -0.3 is 10.1 Å². The molecule has 1 fully saturated rings. The van der Waals surface area contributed by atoms with Crippen LogP contribution >= 0.6 is 0 Å². The predicted octanol–water partition coefficient (Wildman–Crippen LogP) is -0.727. The molecule has 0 atom stereocenters. The summed E-state index contributed by atoms with van der Waals surface area (Å²) in [4.78, 5) is 13.9. The molecule has 0 unspecified atom stereocenters. The summed E-state index contributed by atoms with van der Waals surface area (Å²) in [7, 11) is -3.30. The number of hydrogen-bond acceptors (Lipinski definition) is 5. The molecule has 7 nitrogen and oxygen atoms in total. The van der Waals surface area contributed by atoms with E-state index in [0.717, 1.165) is 39.1 Å². The van der Waals surface area contributed by atoms with Crippen molar-refractivity contribution >= 4 is 15.9 Å². The third-order valence-corrected chi connectivity index (χ3v) is 4.51. The standard InChI is InChI=1S/C13H25N3O4S/c1-3-6-16(21(2,18)19)7-4-13(17)14-5-8-15-9-11-20-12-10-15/h3H,1,4-12H2,2H3,(H,14,17). The van der Waals surface area contributed by atoms with Crippen LogP contribution in [-0.2, 0) is 19.6 Å². The lowest BCUT2D eigenvalue weighted by Crippen LogP contribution is -2.42. The smallest absolute Gasteiger partial charge is 0.221 e. The van der Waals surface area contributed by atoms with E-state index in [0.29, 0.717) is 6.54 Å². The first-order valence-electron chi connectivity index (χ1n) is 7.06. The molecule has 1 rings (SSSR count). The van der Waals surface area contributed by atoms with Crippen molar-refractivity contribution in [2.75, 3.05) is 58.7 Å². The van der Waals surface area contributed by atoms with Crippen LogP contribution < -0.4 is 5.32 Å². The van der Waals surface area contributed by atoms with Crippen LogP contribution in [0.5, 0.6) is 0 Å². The number of amides is 1. The molecule has 1 N–H and O–H groups in total. The van der Waals surface area contributed by atoms with Gasteiger partial charge in [-0.15, -0.1) is 6.58 Å². The second-order valence-electron chi connectivity index (χ2n) is 4.96. The SMILES string of the molecule is C=CCN(CCC(=O)NCCN1CCOCC1)S(C)(=O)=O. The monoisotopic (exact) mass is 319 g/mol. The number of rotatable bonds is 9. The number of nitrogens with zero attached hydrogens (tertiary/aromatic N) is 2. The molecule has 1 amide bonds. The zero-order valence-electron chi connectivity index (χ0n) is 12.6. The van der Waals surface area contributed by atoms with E-state index in [1.54, 1.807) is 0 Å². The Kier molecular flexibility index (Phi) is 7.87. The zero-order valence-corrected chi connectivity index (χ0v) is 13.4. The van der Waals surface area contributed by atoms with Crippen molar-refractivity contribution in [3.05, 3.63) is 12.7 Å². The Morgan fingerprint density at radius 1 is 1.43 bits per heavy atom. The summed E-state index contributed by atoms with van der Waals surface area (Å²) in [6.07, 6.45) is 2.80. The van der Waals surface area contributed by atoms with Crippen LogP contribution in [0.4, 0.5) is 0 Å². The van der Waals surface area contributed by atoms with Gasteiger partial charge in [-0.2, -0.15) is 4.31 Å². The lowest BCUT2D eigenvalue weighted by Gasteiger charge is -2.26. The first-order valence-corrected chi connectivity index (χ1v) is 8.91. The van der Waals surface area contributed by atoms with Gasteiger partial charge in [0.25, 0.3) is 0 Å². The van der Waals surface area contributed by atoms with Gasteiger partial charge in [-0.05, 0) is 0 Å². The fourth-order valence-electron chi connectivity index (χ4n) is 2.03. The minimum absolute atomic E-state index is 0.138. The van der Waals surface area contributed by atoms with E-state index in [1.165, 1.54) is 10.4 Å². The van der Waals surface area contributed by atoms with Gasteiger partial charge in [0, 0.05) is 45.7 Å². The molecule has 0 aromatic carbocycles. The topological polar surface area (TPSA) is 79.0 Å². The van der Waals surface area contributed by atoms with Gasteiger partial charge in [-0.1, -0.05) is 6.08 Å². The van der Waals surface area contributed by atoms with E-state index in [1.807, 2.05) is 0 Å². The summed E-state index contributed by atoms with van der Waals surface area (Å²) >= 11 is 0. The summed E-state index contributed by atoms with van der Waals surface area (Å²) in [6, 6.07) is 0. The third-order valence-electron chi connectivity index (χ3n) is 3.24. The molecule has 0 aromatic heterocycles. The molecular formula is C13H25N3O4S. The minimum Gasteiger partial charge on any atom is -0.379 e. The van der Waals surface area contributed by atoms with Crippen LogP contribution in [-0.4, -0.2) is 82.3 Å². The number of nitrogens with one attached hydrogen (secondary N) is 1. The van der Waals surface area contributed by atoms with Gasteiger partial charge in [0.15, 0.2) is 0 Å². The first kappa shape index (κ1) is 18.1. The Hall–Kier alpha value is -0.960. The van der Waals surface area contributed by atoms with Gasteiger partial charge in [-0.25, -0.2) is 8.42 Å². The largest absolute Gasteiger partial charge is 0.379 e. The van der Waals surface area contributed by atoms with Crippen molar-refractivity contribution in [3.8, 4) is 0 Å². The van der Waals surface area contributed by atoms with Gasteiger partial charge in [0.1, 0.15) is 0 Å². The Bertz CT molecular complexity index is 433. The predicted molar refractivity (Wildman–Crippen MR) is 81.5 cm³/mol. The van der Waals surface area contributed by atoms with E-state index in [-0.39, 0.29) is 25.4 Å². The van der Waals surface area contributed by atoms with Gasteiger partial charge >= 0.3 is 0 Å². The molecule has 1 saturated heterocycles. The van der Waals surface area contributed by atoms with Crippen molar-refractivity contribution in [3.63, 3.8) is 0 Å². The molecule has 0 aromatic rings. The number of carbonyl (C=O) groups excluding carboxylic acids is 1. The molecule has 1 heterocycles. The quantitative estimate of drug-likeness (QED) is 0.567. The van der Waals surface area contributed by atoms with E-state index in [4.69, 9.17) is 4.74 Å². The lowest BCUT2D eigenvalue weighted by molar-refractivity contribution is -0.121. The molecular weight excluding hydrogens is 294 g/mol. The van der Waals surface area contributed by atoms with Gasteiger partial charge in [0.2, 0.25) is 15.9 Å². The molecule has 21 heavy (non-hydrogen) atoms. The molecule has 0 saturated carbocycles. The highest BCUT2D eigenvalue weighted by molar-refractivity contribution is 7.88. The number of carbonyl (C=O) groups is 1. The lowest BCUT2D eigenvalue weighted by atomic mass is 10.3. The Labute approximate surface area is 127 Å². The van der Waals surface area contributed by atoms with Crippen molar-refractivity contribution in [2.24, 2.45) is 0 Å².